The van der Waals surface area contributed by atoms with Crippen molar-refractivity contribution in [3.63, 3.8) is 0 Å². The van der Waals surface area contributed by atoms with Gasteiger partial charge < -0.3 is 0 Å². The lowest BCUT2D eigenvalue weighted by molar-refractivity contribution is 1.50. The first-order chi connectivity index (χ1) is 5.00. The van der Waals surface area contributed by atoms with E-state index in [0.29, 0.717) is 0 Å². The largest absolute Gasteiger partial charge is 0.0776 e. The molecule has 0 unspecified atom stereocenters. The fourth-order valence-corrected chi connectivity index (χ4v) is 0. The van der Waals surface area contributed by atoms with E-state index in [-0.39, 0.29) is 37.1 Å². The maximum absolute atomic E-state index is 2.00. The Morgan fingerprint density at radius 1 is 0.200 bits per heavy atom. The summed E-state index contributed by atoms with van der Waals surface area (Å²) in [7, 11) is 0. The highest BCUT2D eigenvalue weighted by Gasteiger charge is 0.940. The second-order valence-corrected chi connectivity index (χ2v) is 0. The van der Waals surface area contributed by atoms with Gasteiger partial charge in [0.05, 0.1) is 0 Å². The van der Waals surface area contributed by atoms with Gasteiger partial charge in [-0.2, -0.15) is 0 Å². The quantitative estimate of drug-likeness (QED) is 0.392. The molecule has 0 nitrogen and oxygen atoms in total. The van der Waals surface area contributed by atoms with Crippen LogP contribution < -0.4 is 0 Å². The summed E-state index contributed by atoms with van der Waals surface area (Å²) in [6.07, 6.45) is 0. The van der Waals surface area contributed by atoms with E-state index < -0.39 is 0 Å². The molecular weight excluding hydrogens is 180 g/mol. The Balaban J connectivity index is -0.00000000240. The van der Waals surface area contributed by atoms with E-state index in [1.54, 1.807) is 0 Å². The van der Waals surface area contributed by atoms with Crippen LogP contribution in [0.4, 0.5) is 0 Å². The minimum Gasteiger partial charge on any atom is -0.0776 e. The highest BCUT2D eigenvalue weighted by Crippen LogP contribution is 1.15. The van der Waals surface area contributed by atoms with Gasteiger partial charge in [0, 0.05) is 0 Å². The first-order valence-corrected chi connectivity index (χ1v) is 5.00. The van der Waals surface area contributed by atoms with Crippen molar-refractivity contribution in [2.75, 3.05) is 0 Å². The Labute approximate surface area is 107 Å². The molecule has 0 radical (unpaired) electrons. The summed E-state index contributed by atoms with van der Waals surface area (Å²) in [4.78, 5) is 0. The van der Waals surface area contributed by atoms with E-state index in [4.69, 9.17) is 0 Å². The average molecular weight is 231 g/mol. The summed E-state index contributed by atoms with van der Waals surface area (Å²) in [6.45, 7) is 20.0. The molecule has 0 N–H and O–H groups in total. The van der Waals surface area contributed by atoms with Gasteiger partial charge in [0.1, 0.15) is 0 Å². The molecule has 0 bridgehead atoms. The van der Waals surface area contributed by atoms with Crippen LogP contribution in [0.3, 0.4) is 0 Å². The smallest absolute Gasteiger partial charge is 0.0683 e. The molecule has 0 rings (SSSR count). The Morgan fingerprint density at radius 3 is 0.200 bits per heavy atom. The van der Waals surface area contributed by atoms with Crippen LogP contribution in [0.15, 0.2) is 0 Å². The fraction of sp³-hybridized carbons (Fsp3) is 1.00. The molecule has 0 saturated carbocycles. The van der Waals surface area contributed by atoms with Crippen molar-refractivity contribution in [3.05, 3.63) is 0 Å². The molecule has 0 heterocycles. The Bertz CT molecular complexity index is 0. The minimum atomic E-state index is 0. The molecule has 0 fully saturated rings. The molecule has 15 heavy (non-hydrogen) atoms. The van der Waals surface area contributed by atoms with Crippen LogP contribution in [0.2, 0.25) is 0 Å². The first-order valence-electron chi connectivity index (χ1n) is 5.00. The monoisotopic (exact) mass is 230 g/mol. The van der Waals surface area contributed by atoms with Gasteiger partial charge in [-0.3, -0.25) is 0 Å². The van der Waals surface area contributed by atoms with Gasteiger partial charge in [-0.25, -0.2) is 0 Å². The molecule has 0 aliphatic rings. The molecule has 0 aromatic carbocycles. The Kier molecular flexibility index (Phi) is 0. The lowest BCUT2D eigenvalue weighted by Crippen LogP contribution is -0.856. The van der Waals surface area contributed by atoms with Crippen molar-refractivity contribution in [2.24, 2.45) is 0 Å². The number of hydrogen-bond acceptors (Lipinski definition) is 0. The average Bonchev–Trinajstić information content (AvgIpc) is 2.20. The highest BCUT2D eigenvalue weighted by molar-refractivity contribution is 3.51. The molecular formula is C15H50. The summed E-state index contributed by atoms with van der Waals surface area (Å²) in [5.41, 5.74) is 0. The fourth-order valence-electron chi connectivity index (χ4n) is 0. The van der Waals surface area contributed by atoms with E-state index in [1.807, 2.05) is 69.2 Å². The summed E-state index contributed by atoms with van der Waals surface area (Å²) in [5.74, 6) is 0. The summed E-state index contributed by atoms with van der Waals surface area (Å²) in [5, 5.41) is 0. The number of hydrogen-bond donors (Lipinski definition) is 0. The van der Waals surface area contributed by atoms with Crippen LogP contribution in [0.5, 0.6) is 0 Å². The minimum absolute atomic E-state index is 0. The maximum Gasteiger partial charge on any atom is -0.0683 e. The van der Waals surface area contributed by atoms with Gasteiger partial charge in [-0.1, -0.05) is 106 Å². The zero-order valence-electron chi connectivity index (χ0n) is 10.0. The summed E-state index contributed by atoms with van der Waals surface area (Å²) in [6, 6.07) is 0. The van der Waals surface area contributed by atoms with Gasteiger partial charge in [-0.15, -0.1) is 0 Å². The number of rotatable bonds is 0. The lowest BCUT2D eigenvalue weighted by atomic mass is 11.0. The van der Waals surface area contributed by atoms with Gasteiger partial charge in [0.15, 0.2) is 0 Å². The maximum atomic E-state index is 2.00. The molecule has 0 saturated heterocycles. The molecule has 0 aromatic rings. The predicted octanol–water partition coefficient (Wildman–Crippen LogP) is 8.31. The highest BCUT2D eigenvalue weighted by atomic mass is 13.0. The lowest BCUT2D eigenvalue weighted by Gasteiger charge is -1.07. The zero-order valence-corrected chi connectivity index (χ0v) is 10.0. The van der Waals surface area contributed by atoms with E-state index >= 15 is 0 Å². The second kappa shape index (κ2) is 0. The van der Waals surface area contributed by atoms with E-state index in [0.717, 1.165) is 0 Å². The van der Waals surface area contributed by atoms with Gasteiger partial charge >= 0.3 is 0 Å². The molecule has 0 atom stereocenters. The molecule has 0 amide bonds. The second-order valence-electron chi connectivity index (χ2n) is 0. The van der Waals surface area contributed by atoms with Crippen molar-refractivity contribution in [3.8, 4) is 0 Å². The Hall–Kier alpha value is 0. The van der Waals surface area contributed by atoms with E-state index in [9.17, 15) is 0 Å². The van der Waals surface area contributed by atoms with Crippen LogP contribution in [0, 0.1) is 0 Å². The van der Waals surface area contributed by atoms with Crippen molar-refractivity contribution < 1.29 is 0 Å². The standard InChI is InChI=1S/5C2H6.5CH4/c5*1-2;;;;;/h5*1-2H3;5*1H4. The third kappa shape index (κ3) is 0. The van der Waals surface area contributed by atoms with Crippen LogP contribution in [-0.2, 0) is 0 Å². The first kappa shape index (κ1) is 118. The van der Waals surface area contributed by atoms with Gasteiger partial charge in [-0.05, 0) is 0 Å². The van der Waals surface area contributed by atoms with E-state index in [2.05, 4.69) is 0 Å². The molecule has 0 heteroatoms. The third-order valence-corrected chi connectivity index (χ3v) is 0. The topological polar surface area (TPSA) is 0 Å². The van der Waals surface area contributed by atoms with Gasteiger partial charge in [0.2, 0.25) is 0 Å². The molecule has 0 aromatic heterocycles. The van der Waals surface area contributed by atoms with Crippen LogP contribution in [0.25, 0.3) is 0 Å². The van der Waals surface area contributed by atoms with Crippen molar-refractivity contribution in [2.45, 2.75) is 106 Å². The molecule has 0 aliphatic heterocycles. The Morgan fingerprint density at radius 2 is 0.200 bits per heavy atom. The SMILES string of the molecule is C.C.C.C.C.CC.CC.CC.CC.CC. The van der Waals surface area contributed by atoms with Crippen molar-refractivity contribution in [1.29, 1.82) is 0 Å². The van der Waals surface area contributed by atoms with Gasteiger partial charge in [0.25, 0.3) is 0 Å². The summed E-state index contributed by atoms with van der Waals surface area (Å²) < 4.78 is 0. The predicted molar refractivity (Wildman–Crippen MR) is 90.4 cm³/mol. The third-order valence-electron chi connectivity index (χ3n) is 0. The normalized spacial score (nSPS) is 2.00. The van der Waals surface area contributed by atoms with Crippen molar-refractivity contribution >= 4 is 0 Å². The molecule has 0 spiro atoms. The molecule has 110 valence electrons. The van der Waals surface area contributed by atoms with E-state index in [1.165, 1.54) is 0 Å². The zero-order chi connectivity index (χ0) is 10.0. The summed E-state index contributed by atoms with van der Waals surface area (Å²) >= 11 is 0. The van der Waals surface area contributed by atoms with Crippen molar-refractivity contribution in [1.82, 2.24) is 0 Å². The van der Waals surface area contributed by atoms with Crippen LogP contribution in [0.1, 0.15) is 106 Å². The van der Waals surface area contributed by atoms with Crippen LogP contribution in [-0.4, -0.2) is 0 Å². The molecule has 0 aliphatic carbocycles. The van der Waals surface area contributed by atoms with Crippen LogP contribution >= 0.6 is 0 Å².